The Morgan fingerprint density at radius 1 is 1.23 bits per heavy atom. The SMILES string of the molecule is O=C(c1cc2ccc(Cl)cc2[nH]1)N1CC2(CCCCC2)CS1. The number of halogens is 1. The molecule has 5 heteroatoms. The Morgan fingerprint density at radius 3 is 2.86 bits per heavy atom. The molecule has 1 saturated carbocycles. The number of benzene rings is 1. The summed E-state index contributed by atoms with van der Waals surface area (Å²) in [6, 6.07) is 7.60. The van der Waals surface area contributed by atoms with E-state index in [0.717, 1.165) is 23.2 Å². The highest BCUT2D eigenvalue weighted by Gasteiger charge is 2.41. The molecule has 1 N–H and O–H groups in total. The van der Waals surface area contributed by atoms with E-state index < -0.39 is 0 Å². The van der Waals surface area contributed by atoms with E-state index in [0.29, 0.717) is 16.1 Å². The van der Waals surface area contributed by atoms with Gasteiger partial charge in [-0.3, -0.25) is 9.10 Å². The van der Waals surface area contributed by atoms with E-state index in [1.54, 1.807) is 11.9 Å². The summed E-state index contributed by atoms with van der Waals surface area (Å²) in [6.07, 6.45) is 6.52. The van der Waals surface area contributed by atoms with Crippen LogP contribution >= 0.6 is 23.5 Å². The molecule has 0 bridgehead atoms. The summed E-state index contributed by atoms with van der Waals surface area (Å²) in [5.41, 5.74) is 1.96. The topological polar surface area (TPSA) is 36.1 Å². The van der Waals surface area contributed by atoms with Crippen molar-refractivity contribution in [2.45, 2.75) is 32.1 Å². The summed E-state index contributed by atoms with van der Waals surface area (Å²) in [5, 5.41) is 1.72. The molecule has 0 atom stereocenters. The van der Waals surface area contributed by atoms with Crippen LogP contribution in [0.5, 0.6) is 0 Å². The lowest BCUT2D eigenvalue weighted by atomic mass is 9.75. The van der Waals surface area contributed by atoms with E-state index in [1.807, 2.05) is 28.6 Å². The van der Waals surface area contributed by atoms with Crippen LogP contribution in [0, 0.1) is 5.41 Å². The largest absolute Gasteiger partial charge is 0.350 e. The molecule has 1 aliphatic carbocycles. The second-order valence-corrected chi connectivity index (χ2v) is 8.01. The van der Waals surface area contributed by atoms with E-state index >= 15 is 0 Å². The van der Waals surface area contributed by atoms with Crippen molar-refractivity contribution in [1.82, 2.24) is 9.29 Å². The van der Waals surface area contributed by atoms with Gasteiger partial charge < -0.3 is 4.98 Å². The molecule has 0 radical (unpaired) electrons. The number of hydrogen-bond acceptors (Lipinski definition) is 2. The molecule has 1 aliphatic heterocycles. The lowest BCUT2D eigenvalue weighted by Gasteiger charge is -2.32. The molecule has 22 heavy (non-hydrogen) atoms. The number of carbonyl (C=O) groups is 1. The van der Waals surface area contributed by atoms with E-state index in [2.05, 4.69) is 4.98 Å². The molecule has 1 aromatic carbocycles. The Kier molecular flexibility index (Phi) is 3.61. The first-order valence-corrected chi connectivity index (χ1v) is 9.20. The van der Waals surface area contributed by atoms with E-state index in [4.69, 9.17) is 11.6 Å². The summed E-state index contributed by atoms with van der Waals surface area (Å²) in [5.74, 6) is 1.19. The molecule has 2 aliphatic rings. The zero-order chi connectivity index (χ0) is 15.2. The van der Waals surface area contributed by atoms with Crippen LogP contribution in [0.25, 0.3) is 10.9 Å². The number of aromatic amines is 1. The van der Waals surface area contributed by atoms with Gasteiger partial charge in [0, 0.05) is 28.2 Å². The number of nitrogens with one attached hydrogen (secondary N) is 1. The molecule has 2 fully saturated rings. The van der Waals surface area contributed by atoms with Crippen LogP contribution < -0.4 is 0 Å². The summed E-state index contributed by atoms with van der Waals surface area (Å²) >= 11 is 7.71. The minimum Gasteiger partial charge on any atom is -0.350 e. The fourth-order valence-electron chi connectivity index (χ4n) is 3.69. The van der Waals surface area contributed by atoms with Crippen molar-refractivity contribution in [2.24, 2.45) is 5.41 Å². The van der Waals surface area contributed by atoms with Gasteiger partial charge in [0.15, 0.2) is 0 Å². The van der Waals surface area contributed by atoms with Crippen LogP contribution in [0.4, 0.5) is 0 Å². The number of amides is 1. The van der Waals surface area contributed by atoms with Crippen molar-refractivity contribution in [1.29, 1.82) is 0 Å². The maximum Gasteiger partial charge on any atom is 0.280 e. The highest BCUT2D eigenvalue weighted by atomic mass is 35.5. The number of fused-ring (bicyclic) bond motifs is 1. The van der Waals surface area contributed by atoms with E-state index in [1.165, 1.54) is 32.1 Å². The molecule has 4 rings (SSSR count). The zero-order valence-electron chi connectivity index (χ0n) is 12.4. The Hall–Kier alpha value is -1.13. The van der Waals surface area contributed by atoms with Gasteiger partial charge in [-0.25, -0.2) is 0 Å². The molecule has 1 spiro atoms. The van der Waals surface area contributed by atoms with Gasteiger partial charge >= 0.3 is 0 Å². The first-order chi connectivity index (χ1) is 10.7. The smallest absolute Gasteiger partial charge is 0.280 e. The third kappa shape index (κ3) is 2.52. The molecule has 2 heterocycles. The Morgan fingerprint density at radius 2 is 2.05 bits per heavy atom. The normalized spacial score (nSPS) is 20.9. The highest BCUT2D eigenvalue weighted by molar-refractivity contribution is 7.97. The van der Waals surface area contributed by atoms with Crippen LogP contribution in [0.15, 0.2) is 24.3 Å². The Bertz CT molecular complexity index is 721. The molecule has 1 saturated heterocycles. The highest BCUT2D eigenvalue weighted by Crippen LogP contribution is 2.46. The van der Waals surface area contributed by atoms with Gasteiger partial charge in [0.2, 0.25) is 0 Å². The van der Waals surface area contributed by atoms with Crippen LogP contribution in [0.2, 0.25) is 5.02 Å². The number of H-pyrrole nitrogens is 1. The lowest BCUT2D eigenvalue weighted by Crippen LogP contribution is -2.32. The maximum atomic E-state index is 12.8. The van der Waals surface area contributed by atoms with Crippen molar-refractivity contribution in [3.05, 3.63) is 35.0 Å². The van der Waals surface area contributed by atoms with Gasteiger partial charge in [-0.15, -0.1) is 0 Å². The standard InChI is InChI=1S/C17H19ClN2OS/c18-13-5-4-12-8-15(19-14(12)9-13)16(21)20-10-17(11-22-20)6-2-1-3-7-17/h4-5,8-9,19H,1-3,6-7,10-11H2. The monoisotopic (exact) mass is 334 g/mol. The van der Waals surface area contributed by atoms with Gasteiger partial charge in [0.1, 0.15) is 5.69 Å². The third-order valence-electron chi connectivity index (χ3n) is 4.96. The molecule has 3 nitrogen and oxygen atoms in total. The molecule has 1 amide bonds. The second kappa shape index (κ2) is 5.50. The van der Waals surface area contributed by atoms with Crippen molar-refractivity contribution in [3.8, 4) is 0 Å². The number of hydrogen-bond donors (Lipinski definition) is 1. The molecule has 0 unspecified atom stereocenters. The molecular weight excluding hydrogens is 316 g/mol. The van der Waals surface area contributed by atoms with Gasteiger partial charge in [-0.1, -0.05) is 36.9 Å². The quantitative estimate of drug-likeness (QED) is 0.755. The Labute approximate surface area is 139 Å². The fourth-order valence-corrected chi connectivity index (χ4v) is 5.26. The van der Waals surface area contributed by atoms with Crippen molar-refractivity contribution in [2.75, 3.05) is 12.3 Å². The summed E-state index contributed by atoms with van der Waals surface area (Å²) in [4.78, 5) is 16.0. The van der Waals surface area contributed by atoms with E-state index in [9.17, 15) is 4.79 Å². The first-order valence-electron chi connectivity index (χ1n) is 7.88. The molecule has 2 aromatic rings. The minimum atomic E-state index is 0.0970. The molecule has 116 valence electrons. The average molecular weight is 335 g/mol. The van der Waals surface area contributed by atoms with Gasteiger partial charge in [-0.05, 0) is 48.4 Å². The number of aromatic nitrogens is 1. The average Bonchev–Trinajstić information content (AvgIpc) is 3.11. The predicted octanol–water partition coefficient (Wildman–Crippen LogP) is 4.88. The van der Waals surface area contributed by atoms with Crippen molar-refractivity contribution in [3.63, 3.8) is 0 Å². The molecular formula is C17H19ClN2OS. The van der Waals surface area contributed by atoms with Gasteiger partial charge in [0.05, 0.1) is 0 Å². The zero-order valence-corrected chi connectivity index (χ0v) is 14.0. The summed E-state index contributed by atoms with van der Waals surface area (Å²) in [6.45, 7) is 0.895. The first kappa shape index (κ1) is 14.5. The predicted molar refractivity (Wildman–Crippen MR) is 92.3 cm³/mol. The van der Waals surface area contributed by atoms with E-state index in [-0.39, 0.29) is 5.91 Å². The van der Waals surface area contributed by atoms with Gasteiger partial charge in [-0.2, -0.15) is 0 Å². The number of carbonyl (C=O) groups excluding carboxylic acids is 1. The molecule has 1 aromatic heterocycles. The third-order valence-corrected chi connectivity index (χ3v) is 6.54. The van der Waals surface area contributed by atoms with Crippen LogP contribution in [-0.4, -0.2) is 27.5 Å². The second-order valence-electron chi connectivity index (χ2n) is 6.59. The number of rotatable bonds is 1. The lowest BCUT2D eigenvalue weighted by molar-refractivity contribution is 0.0827. The van der Waals surface area contributed by atoms with Gasteiger partial charge in [0.25, 0.3) is 5.91 Å². The minimum absolute atomic E-state index is 0.0970. The maximum absolute atomic E-state index is 12.8. The van der Waals surface area contributed by atoms with Crippen LogP contribution in [0.1, 0.15) is 42.6 Å². The summed E-state index contributed by atoms with van der Waals surface area (Å²) in [7, 11) is 0. The number of nitrogens with zero attached hydrogens (tertiary/aromatic N) is 1. The van der Waals surface area contributed by atoms with Crippen LogP contribution in [0.3, 0.4) is 0 Å². The fraction of sp³-hybridized carbons (Fsp3) is 0.471. The van der Waals surface area contributed by atoms with Crippen molar-refractivity contribution >= 4 is 40.4 Å². The summed E-state index contributed by atoms with van der Waals surface area (Å²) < 4.78 is 1.96. The van der Waals surface area contributed by atoms with Crippen LogP contribution in [-0.2, 0) is 0 Å². The van der Waals surface area contributed by atoms with Crippen molar-refractivity contribution < 1.29 is 4.79 Å². The Balaban J connectivity index is 1.56.